The van der Waals surface area contributed by atoms with Gasteiger partial charge in [-0.15, -0.1) is 0 Å². The summed E-state index contributed by atoms with van der Waals surface area (Å²) in [6.07, 6.45) is 5.32. The number of fused-ring (bicyclic) bond motifs is 1. The lowest BCUT2D eigenvalue weighted by Crippen LogP contribution is -2.12. The molecule has 0 saturated heterocycles. The zero-order valence-corrected chi connectivity index (χ0v) is 12.3. The molecule has 0 bridgehead atoms. The standard InChI is InChI=1S/C16H22N4/c1-3-13-9-14(4-2)20(19-13)16-12(10-17)8-11-6-5-7-15(11)18-16/h8-9H,3-7,10,17H2,1-2H3. The summed E-state index contributed by atoms with van der Waals surface area (Å²) in [6, 6.07) is 4.41. The van der Waals surface area contributed by atoms with E-state index < -0.39 is 0 Å². The van der Waals surface area contributed by atoms with Crippen molar-refractivity contribution in [1.82, 2.24) is 14.8 Å². The van der Waals surface area contributed by atoms with Gasteiger partial charge in [0.15, 0.2) is 5.82 Å². The van der Waals surface area contributed by atoms with Crippen molar-refractivity contribution in [2.45, 2.75) is 52.5 Å². The van der Waals surface area contributed by atoms with Gasteiger partial charge >= 0.3 is 0 Å². The van der Waals surface area contributed by atoms with E-state index in [-0.39, 0.29) is 0 Å². The lowest BCUT2D eigenvalue weighted by atomic mass is 10.1. The molecule has 2 aromatic heterocycles. The third kappa shape index (κ3) is 2.14. The molecule has 4 nitrogen and oxygen atoms in total. The number of hydrogen-bond donors (Lipinski definition) is 1. The van der Waals surface area contributed by atoms with Crippen LogP contribution in [0.4, 0.5) is 0 Å². The van der Waals surface area contributed by atoms with Gasteiger partial charge in [-0.2, -0.15) is 5.10 Å². The molecule has 1 aliphatic carbocycles. The first kappa shape index (κ1) is 13.3. The van der Waals surface area contributed by atoms with Crippen molar-refractivity contribution in [2.75, 3.05) is 0 Å². The molecule has 0 saturated carbocycles. The zero-order valence-electron chi connectivity index (χ0n) is 12.3. The Balaban J connectivity index is 2.16. The maximum atomic E-state index is 5.93. The average Bonchev–Trinajstić information content (AvgIpc) is 3.10. The Morgan fingerprint density at radius 1 is 1.20 bits per heavy atom. The van der Waals surface area contributed by atoms with E-state index in [1.54, 1.807) is 0 Å². The summed E-state index contributed by atoms with van der Waals surface area (Å²) < 4.78 is 2.00. The number of aromatic nitrogens is 3. The average molecular weight is 270 g/mol. The first-order chi connectivity index (χ1) is 9.76. The second-order valence-electron chi connectivity index (χ2n) is 5.38. The van der Waals surface area contributed by atoms with Crippen LogP contribution in [0.5, 0.6) is 0 Å². The van der Waals surface area contributed by atoms with Gasteiger partial charge in [-0.25, -0.2) is 9.67 Å². The highest BCUT2D eigenvalue weighted by atomic mass is 15.3. The molecule has 0 fully saturated rings. The van der Waals surface area contributed by atoms with Crippen molar-refractivity contribution in [1.29, 1.82) is 0 Å². The van der Waals surface area contributed by atoms with E-state index in [0.717, 1.165) is 42.8 Å². The maximum absolute atomic E-state index is 5.93. The Bertz CT molecular complexity index is 628. The van der Waals surface area contributed by atoms with Crippen LogP contribution in [0.15, 0.2) is 12.1 Å². The summed E-state index contributed by atoms with van der Waals surface area (Å²) in [5, 5.41) is 4.70. The summed E-state index contributed by atoms with van der Waals surface area (Å²) in [6.45, 7) is 4.80. The third-order valence-electron chi connectivity index (χ3n) is 4.09. The maximum Gasteiger partial charge on any atom is 0.158 e. The van der Waals surface area contributed by atoms with Crippen LogP contribution in [0.1, 0.15) is 48.5 Å². The fraction of sp³-hybridized carbons (Fsp3) is 0.500. The van der Waals surface area contributed by atoms with Crippen LogP contribution in [0, 0.1) is 0 Å². The predicted octanol–water partition coefficient (Wildman–Crippen LogP) is 2.34. The molecule has 0 radical (unpaired) electrons. The van der Waals surface area contributed by atoms with E-state index in [2.05, 4.69) is 26.0 Å². The molecule has 0 amide bonds. The first-order valence-corrected chi connectivity index (χ1v) is 7.56. The first-order valence-electron chi connectivity index (χ1n) is 7.56. The van der Waals surface area contributed by atoms with E-state index >= 15 is 0 Å². The van der Waals surface area contributed by atoms with Crippen LogP contribution in [0.25, 0.3) is 5.82 Å². The molecule has 106 valence electrons. The van der Waals surface area contributed by atoms with Crippen molar-refractivity contribution >= 4 is 0 Å². The topological polar surface area (TPSA) is 56.7 Å². The Hall–Kier alpha value is -1.68. The van der Waals surface area contributed by atoms with Gasteiger partial charge < -0.3 is 5.73 Å². The van der Waals surface area contributed by atoms with Crippen LogP contribution in [0.3, 0.4) is 0 Å². The predicted molar refractivity (Wildman–Crippen MR) is 80.0 cm³/mol. The van der Waals surface area contributed by atoms with E-state index in [4.69, 9.17) is 15.8 Å². The van der Waals surface area contributed by atoms with Crippen molar-refractivity contribution in [3.8, 4) is 5.82 Å². The number of aryl methyl sites for hydroxylation is 4. The number of nitrogens with zero attached hydrogens (tertiary/aromatic N) is 3. The number of pyridine rings is 1. The van der Waals surface area contributed by atoms with Gasteiger partial charge in [-0.05, 0) is 49.8 Å². The van der Waals surface area contributed by atoms with Crippen LogP contribution in [0.2, 0.25) is 0 Å². The van der Waals surface area contributed by atoms with E-state index in [1.165, 1.54) is 23.4 Å². The minimum atomic E-state index is 0.514. The molecule has 4 heteroatoms. The van der Waals surface area contributed by atoms with E-state index in [0.29, 0.717) is 6.54 Å². The highest BCUT2D eigenvalue weighted by Gasteiger charge is 2.18. The smallest absolute Gasteiger partial charge is 0.158 e. The Labute approximate surface area is 120 Å². The summed E-state index contributed by atoms with van der Waals surface area (Å²) in [5.41, 5.74) is 12.0. The minimum absolute atomic E-state index is 0.514. The van der Waals surface area contributed by atoms with Gasteiger partial charge in [0.05, 0.1) is 5.69 Å². The van der Waals surface area contributed by atoms with Gasteiger partial charge in [-0.1, -0.05) is 13.8 Å². The number of rotatable bonds is 4. The lowest BCUT2D eigenvalue weighted by Gasteiger charge is -2.12. The van der Waals surface area contributed by atoms with Gasteiger partial charge in [0, 0.05) is 23.5 Å². The van der Waals surface area contributed by atoms with Crippen LogP contribution in [-0.2, 0) is 32.2 Å². The highest BCUT2D eigenvalue weighted by molar-refractivity contribution is 5.42. The summed E-state index contributed by atoms with van der Waals surface area (Å²) >= 11 is 0. The molecule has 2 aromatic rings. The largest absolute Gasteiger partial charge is 0.326 e. The van der Waals surface area contributed by atoms with E-state index in [1.807, 2.05) is 4.68 Å². The lowest BCUT2D eigenvalue weighted by molar-refractivity contribution is 0.752. The van der Waals surface area contributed by atoms with Gasteiger partial charge in [0.1, 0.15) is 0 Å². The summed E-state index contributed by atoms with van der Waals surface area (Å²) in [4.78, 5) is 4.87. The fourth-order valence-electron chi connectivity index (χ4n) is 2.93. The number of nitrogens with two attached hydrogens (primary N) is 1. The van der Waals surface area contributed by atoms with Crippen molar-refractivity contribution in [2.24, 2.45) is 5.73 Å². The monoisotopic (exact) mass is 270 g/mol. The van der Waals surface area contributed by atoms with E-state index in [9.17, 15) is 0 Å². The van der Waals surface area contributed by atoms with Crippen LogP contribution >= 0.6 is 0 Å². The minimum Gasteiger partial charge on any atom is -0.326 e. The molecule has 1 aliphatic rings. The Kier molecular flexibility index (Phi) is 3.57. The van der Waals surface area contributed by atoms with Gasteiger partial charge in [0.2, 0.25) is 0 Å². The third-order valence-corrected chi connectivity index (χ3v) is 4.09. The normalized spacial score (nSPS) is 13.8. The van der Waals surface area contributed by atoms with Crippen molar-refractivity contribution in [3.63, 3.8) is 0 Å². The van der Waals surface area contributed by atoms with Crippen LogP contribution < -0.4 is 5.73 Å². The molecular formula is C16H22N4. The molecule has 2 N–H and O–H groups in total. The molecule has 0 atom stereocenters. The second kappa shape index (κ2) is 5.37. The van der Waals surface area contributed by atoms with Crippen molar-refractivity contribution in [3.05, 3.63) is 40.3 Å². The van der Waals surface area contributed by atoms with Gasteiger partial charge in [-0.3, -0.25) is 0 Å². The molecule has 0 aromatic carbocycles. The zero-order chi connectivity index (χ0) is 14.1. The van der Waals surface area contributed by atoms with Crippen LogP contribution in [-0.4, -0.2) is 14.8 Å². The Morgan fingerprint density at radius 2 is 2.05 bits per heavy atom. The molecule has 3 rings (SSSR count). The molecule has 0 unspecified atom stereocenters. The SMILES string of the molecule is CCc1cc(CC)n(-c2nc3c(cc2CN)CCC3)n1. The molecule has 0 aliphatic heterocycles. The quantitative estimate of drug-likeness (QED) is 0.927. The second-order valence-corrected chi connectivity index (χ2v) is 5.38. The van der Waals surface area contributed by atoms with Gasteiger partial charge in [0.25, 0.3) is 0 Å². The fourth-order valence-corrected chi connectivity index (χ4v) is 2.93. The molecule has 2 heterocycles. The van der Waals surface area contributed by atoms with Crippen molar-refractivity contribution < 1.29 is 0 Å². The molecule has 0 spiro atoms. The Morgan fingerprint density at radius 3 is 2.75 bits per heavy atom. The number of hydrogen-bond acceptors (Lipinski definition) is 3. The summed E-state index contributed by atoms with van der Waals surface area (Å²) in [5.74, 6) is 0.935. The summed E-state index contributed by atoms with van der Waals surface area (Å²) in [7, 11) is 0. The highest BCUT2D eigenvalue weighted by Crippen LogP contribution is 2.25. The molecular weight excluding hydrogens is 248 g/mol. The molecule has 20 heavy (non-hydrogen) atoms.